The van der Waals surface area contributed by atoms with Gasteiger partial charge in [0.05, 0.1) is 0 Å². The highest BCUT2D eigenvalue weighted by molar-refractivity contribution is 6.14. The molecule has 0 N–H and O–H groups in total. The van der Waals surface area contributed by atoms with Crippen molar-refractivity contribution in [2.45, 2.75) is 37.8 Å². The molecule has 0 spiro atoms. The third kappa shape index (κ3) is 0.867. The Kier molecular flexibility index (Phi) is 1.46. The quantitative estimate of drug-likeness (QED) is 0.497. The van der Waals surface area contributed by atoms with Crippen LogP contribution in [0.1, 0.15) is 25.7 Å². The Balaban J connectivity index is 2.16. The van der Waals surface area contributed by atoms with E-state index in [-0.39, 0.29) is 0 Å². The molecule has 0 amide bonds. The molecule has 2 rings (SSSR count). The number of hydrogen-bond acceptors (Lipinski definition) is 2. The van der Waals surface area contributed by atoms with Crippen LogP contribution in [0.2, 0.25) is 0 Å². The van der Waals surface area contributed by atoms with Crippen LogP contribution in [0.25, 0.3) is 0 Å². The molecule has 0 aliphatic carbocycles. The van der Waals surface area contributed by atoms with Crippen molar-refractivity contribution in [1.29, 1.82) is 0 Å². The molecule has 2 atom stereocenters. The first kappa shape index (κ1) is 6.62. The van der Waals surface area contributed by atoms with E-state index in [1.54, 1.807) is 0 Å². The SMILES string of the molecule is O=C1CC2CC[C@@H](C1)N2Cl. The largest absolute Gasteiger partial charge is 0.300 e. The van der Waals surface area contributed by atoms with Gasteiger partial charge in [-0.05, 0) is 24.6 Å². The Morgan fingerprint density at radius 2 is 1.80 bits per heavy atom. The number of rotatable bonds is 0. The van der Waals surface area contributed by atoms with Gasteiger partial charge in [-0.25, -0.2) is 4.42 Å². The van der Waals surface area contributed by atoms with Gasteiger partial charge in [0, 0.05) is 24.9 Å². The first-order valence-corrected chi connectivity index (χ1v) is 4.07. The Labute approximate surface area is 65.3 Å². The summed E-state index contributed by atoms with van der Waals surface area (Å²) < 4.78 is 1.85. The van der Waals surface area contributed by atoms with Crippen molar-refractivity contribution >= 4 is 17.6 Å². The molecule has 2 heterocycles. The van der Waals surface area contributed by atoms with Crippen LogP contribution in [0.3, 0.4) is 0 Å². The van der Waals surface area contributed by atoms with Crippen LogP contribution < -0.4 is 0 Å². The second-order valence-electron chi connectivity index (χ2n) is 3.18. The zero-order valence-electron chi connectivity index (χ0n) is 5.72. The number of halogens is 1. The van der Waals surface area contributed by atoms with Crippen LogP contribution in [0.4, 0.5) is 0 Å². The summed E-state index contributed by atoms with van der Waals surface area (Å²) in [5.74, 6) is 0.393. The van der Waals surface area contributed by atoms with E-state index in [9.17, 15) is 4.79 Å². The summed E-state index contributed by atoms with van der Waals surface area (Å²) in [4.78, 5) is 11.0. The Hall–Kier alpha value is -0.0800. The lowest BCUT2D eigenvalue weighted by molar-refractivity contribution is -0.122. The van der Waals surface area contributed by atoms with Crippen molar-refractivity contribution in [3.8, 4) is 0 Å². The first-order valence-electron chi connectivity index (χ1n) is 3.73. The summed E-state index contributed by atoms with van der Waals surface area (Å²) in [6.07, 6.45) is 3.58. The molecule has 2 saturated heterocycles. The van der Waals surface area contributed by atoms with Crippen molar-refractivity contribution in [2.24, 2.45) is 0 Å². The summed E-state index contributed by atoms with van der Waals surface area (Å²) in [5, 5.41) is 0. The van der Waals surface area contributed by atoms with E-state index < -0.39 is 0 Å². The van der Waals surface area contributed by atoms with E-state index in [4.69, 9.17) is 11.8 Å². The molecule has 56 valence electrons. The molecule has 0 aromatic heterocycles. The Morgan fingerprint density at radius 1 is 1.30 bits per heavy atom. The number of hydrogen-bond donors (Lipinski definition) is 0. The van der Waals surface area contributed by atoms with Crippen LogP contribution >= 0.6 is 11.8 Å². The summed E-state index contributed by atoms with van der Waals surface area (Å²) >= 11 is 5.93. The first-order chi connectivity index (χ1) is 4.77. The molecule has 10 heavy (non-hydrogen) atoms. The fourth-order valence-corrected chi connectivity index (χ4v) is 2.25. The highest BCUT2D eigenvalue weighted by Crippen LogP contribution is 2.34. The minimum Gasteiger partial charge on any atom is -0.300 e. The van der Waals surface area contributed by atoms with Crippen LogP contribution in [-0.2, 0) is 4.79 Å². The maximum atomic E-state index is 11.0. The average molecular weight is 160 g/mol. The summed E-state index contributed by atoms with van der Waals surface area (Å²) in [6.45, 7) is 0. The molecule has 2 fully saturated rings. The van der Waals surface area contributed by atoms with Gasteiger partial charge in [-0.3, -0.25) is 4.79 Å². The van der Waals surface area contributed by atoms with Crippen LogP contribution in [0.15, 0.2) is 0 Å². The van der Waals surface area contributed by atoms with Gasteiger partial charge in [0.25, 0.3) is 0 Å². The average Bonchev–Trinajstić information content (AvgIpc) is 2.20. The van der Waals surface area contributed by atoms with E-state index >= 15 is 0 Å². The number of piperidine rings is 1. The fourth-order valence-electron chi connectivity index (χ4n) is 1.92. The lowest BCUT2D eigenvalue weighted by Gasteiger charge is -2.26. The second-order valence-corrected chi connectivity index (χ2v) is 3.57. The van der Waals surface area contributed by atoms with Gasteiger partial charge in [-0.15, -0.1) is 0 Å². The molecule has 0 aromatic rings. The molecule has 1 unspecified atom stereocenters. The van der Waals surface area contributed by atoms with E-state index in [0.717, 1.165) is 12.8 Å². The van der Waals surface area contributed by atoms with E-state index in [1.165, 1.54) is 0 Å². The van der Waals surface area contributed by atoms with E-state index in [2.05, 4.69) is 0 Å². The Morgan fingerprint density at radius 3 is 2.30 bits per heavy atom. The predicted octanol–water partition coefficient (Wildman–Crippen LogP) is 1.34. The van der Waals surface area contributed by atoms with Crippen molar-refractivity contribution in [3.63, 3.8) is 0 Å². The van der Waals surface area contributed by atoms with Crippen LogP contribution in [0, 0.1) is 0 Å². The number of carbonyl (C=O) groups is 1. The molecule has 2 nitrogen and oxygen atoms in total. The third-order valence-electron chi connectivity index (χ3n) is 2.46. The molecule has 0 aromatic carbocycles. The van der Waals surface area contributed by atoms with Crippen molar-refractivity contribution < 1.29 is 4.79 Å². The minimum atomic E-state index is 0.355. The van der Waals surface area contributed by atoms with Crippen molar-refractivity contribution in [3.05, 3.63) is 0 Å². The summed E-state index contributed by atoms with van der Waals surface area (Å²) in [6, 6.07) is 0.709. The topological polar surface area (TPSA) is 20.3 Å². The van der Waals surface area contributed by atoms with Gasteiger partial charge in [-0.2, -0.15) is 0 Å². The van der Waals surface area contributed by atoms with Gasteiger partial charge in [0.2, 0.25) is 0 Å². The number of carbonyl (C=O) groups excluding carboxylic acids is 1. The number of fused-ring (bicyclic) bond motifs is 2. The third-order valence-corrected chi connectivity index (χ3v) is 3.01. The summed E-state index contributed by atoms with van der Waals surface area (Å²) in [5.41, 5.74) is 0. The van der Waals surface area contributed by atoms with E-state index in [0.29, 0.717) is 30.7 Å². The molecule has 2 aliphatic rings. The standard InChI is InChI=1S/C7H10ClNO/c8-9-5-1-2-6(9)4-7(10)3-5/h5-6H,1-4H2/t5-,6?/m0/s1. The number of ketones is 1. The predicted molar refractivity (Wildman–Crippen MR) is 38.7 cm³/mol. The zero-order valence-corrected chi connectivity index (χ0v) is 6.47. The Bertz CT molecular complexity index is 155. The van der Waals surface area contributed by atoms with Crippen molar-refractivity contribution in [2.75, 3.05) is 0 Å². The van der Waals surface area contributed by atoms with Gasteiger partial charge < -0.3 is 0 Å². The molecule has 3 heteroatoms. The second kappa shape index (κ2) is 2.21. The molecule has 2 aliphatic heterocycles. The maximum Gasteiger partial charge on any atom is 0.136 e. The van der Waals surface area contributed by atoms with Gasteiger partial charge >= 0.3 is 0 Å². The lowest BCUT2D eigenvalue weighted by Crippen LogP contribution is -2.36. The molecule has 0 radical (unpaired) electrons. The zero-order chi connectivity index (χ0) is 7.14. The number of nitrogens with zero attached hydrogens (tertiary/aromatic N) is 1. The monoisotopic (exact) mass is 159 g/mol. The van der Waals surface area contributed by atoms with Gasteiger partial charge in [0.1, 0.15) is 5.78 Å². The van der Waals surface area contributed by atoms with E-state index in [1.807, 2.05) is 4.42 Å². The summed E-state index contributed by atoms with van der Waals surface area (Å²) in [7, 11) is 0. The fraction of sp³-hybridized carbons (Fsp3) is 0.857. The van der Waals surface area contributed by atoms with Crippen LogP contribution in [0.5, 0.6) is 0 Å². The van der Waals surface area contributed by atoms with Gasteiger partial charge in [-0.1, -0.05) is 0 Å². The lowest BCUT2D eigenvalue weighted by atomic mass is 10.0. The molecule has 2 bridgehead atoms. The molecular formula is C7H10ClNO. The molecule has 0 saturated carbocycles. The van der Waals surface area contributed by atoms with Crippen LogP contribution in [-0.4, -0.2) is 22.3 Å². The van der Waals surface area contributed by atoms with Gasteiger partial charge in [0.15, 0.2) is 0 Å². The smallest absolute Gasteiger partial charge is 0.136 e. The number of Topliss-reactive ketones (excluding diaryl/α,β-unsaturated/α-hetero) is 1. The van der Waals surface area contributed by atoms with Crippen molar-refractivity contribution in [1.82, 2.24) is 4.42 Å². The highest BCUT2D eigenvalue weighted by Gasteiger charge is 2.39. The molecular weight excluding hydrogens is 150 g/mol. The normalized spacial score (nSPS) is 40.7. The minimum absolute atomic E-state index is 0.355. The highest BCUT2D eigenvalue weighted by atomic mass is 35.5. The maximum absolute atomic E-state index is 11.0.